The molecule has 0 aliphatic carbocycles. The molecule has 0 aromatic heterocycles. The Balaban J connectivity index is 0.00000264. The molecule has 24 heavy (non-hydrogen) atoms. The number of benzene rings is 1. The highest BCUT2D eigenvalue weighted by atomic mass is 35.5. The number of carbonyl (C=O) groups excluding carboxylic acids is 1. The van der Waals surface area contributed by atoms with Crippen LogP contribution in [0.25, 0.3) is 0 Å². The van der Waals surface area contributed by atoms with Gasteiger partial charge in [-0.05, 0) is 37.0 Å². The van der Waals surface area contributed by atoms with Crippen molar-refractivity contribution in [2.45, 2.75) is 33.2 Å². The molecule has 0 saturated carbocycles. The lowest BCUT2D eigenvalue weighted by molar-refractivity contribution is -0.136. The Hall–Kier alpha value is -0.810. The highest BCUT2D eigenvalue weighted by Gasteiger charge is 2.38. The van der Waals surface area contributed by atoms with Crippen molar-refractivity contribution in [2.75, 3.05) is 32.7 Å². The van der Waals surface area contributed by atoms with E-state index in [2.05, 4.69) is 37.8 Å². The maximum Gasteiger partial charge on any atom is 0.244 e. The van der Waals surface area contributed by atoms with Gasteiger partial charge in [0, 0.05) is 13.1 Å². The summed E-state index contributed by atoms with van der Waals surface area (Å²) >= 11 is 0. The van der Waals surface area contributed by atoms with Gasteiger partial charge in [-0.2, -0.15) is 0 Å². The molecule has 1 aliphatic heterocycles. The second-order valence-electron chi connectivity index (χ2n) is 6.56. The van der Waals surface area contributed by atoms with E-state index in [1.54, 1.807) is 0 Å². The largest absolute Gasteiger partial charge is 0.340 e. The molecule has 1 fully saturated rings. The van der Waals surface area contributed by atoms with Gasteiger partial charge in [0.25, 0.3) is 0 Å². The summed E-state index contributed by atoms with van der Waals surface area (Å²) in [6, 6.07) is 9.93. The van der Waals surface area contributed by atoms with Gasteiger partial charge in [0.05, 0.1) is 0 Å². The minimum absolute atomic E-state index is 0. The molecule has 1 aromatic carbocycles. The van der Waals surface area contributed by atoms with E-state index in [4.69, 9.17) is 5.73 Å². The molecular formula is C18H31Cl2N3O. The van der Waals surface area contributed by atoms with Gasteiger partial charge < -0.3 is 10.6 Å². The monoisotopic (exact) mass is 375 g/mol. The Bertz CT molecular complexity index is 496. The van der Waals surface area contributed by atoms with Crippen LogP contribution in [0.15, 0.2) is 30.3 Å². The summed E-state index contributed by atoms with van der Waals surface area (Å²) in [6.07, 6.45) is 0.995. The van der Waals surface area contributed by atoms with Gasteiger partial charge in [0.15, 0.2) is 0 Å². The highest BCUT2D eigenvalue weighted by molar-refractivity contribution is 5.85. The lowest BCUT2D eigenvalue weighted by atomic mass is 9.90. The predicted molar refractivity (Wildman–Crippen MR) is 105 cm³/mol. The van der Waals surface area contributed by atoms with Crippen LogP contribution in [0, 0.1) is 5.41 Å². The van der Waals surface area contributed by atoms with Gasteiger partial charge in [-0.15, -0.1) is 24.8 Å². The van der Waals surface area contributed by atoms with Crippen LogP contribution in [0.3, 0.4) is 0 Å². The van der Waals surface area contributed by atoms with Crippen molar-refractivity contribution < 1.29 is 4.79 Å². The second kappa shape index (κ2) is 10.2. The molecule has 4 nitrogen and oxygen atoms in total. The number of nitrogens with zero attached hydrogens (tertiary/aromatic N) is 2. The molecule has 2 rings (SSSR count). The Morgan fingerprint density at radius 1 is 1.25 bits per heavy atom. The van der Waals surface area contributed by atoms with Crippen molar-refractivity contribution in [3.8, 4) is 0 Å². The number of amides is 1. The van der Waals surface area contributed by atoms with Crippen LogP contribution in [0.4, 0.5) is 0 Å². The maximum absolute atomic E-state index is 13.2. The SMILES string of the molecule is CCN(CC)C(C(=O)N1CCC(C)(CN)C1)c1ccccc1.Cl.Cl. The smallest absolute Gasteiger partial charge is 0.244 e. The summed E-state index contributed by atoms with van der Waals surface area (Å²) in [7, 11) is 0. The van der Waals surface area contributed by atoms with Crippen LogP contribution in [-0.4, -0.2) is 48.4 Å². The number of hydrogen-bond donors (Lipinski definition) is 1. The number of hydrogen-bond acceptors (Lipinski definition) is 3. The molecule has 1 heterocycles. The molecule has 138 valence electrons. The third kappa shape index (κ3) is 5.09. The first-order chi connectivity index (χ1) is 10.5. The quantitative estimate of drug-likeness (QED) is 0.830. The molecule has 6 heteroatoms. The van der Waals surface area contributed by atoms with Gasteiger partial charge >= 0.3 is 0 Å². The van der Waals surface area contributed by atoms with Gasteiger partial charge in [0.2, 0.25) is 5.91 Å². The third-order valence-electron chi connectivity index (χ3n) is 4.89. The maximum atomic E-state index is 13.2. The van der Waals surface area contributed by atoms with Crippen molar-refractivity contribution in [2.24, 2.45) is 11.1 Å². The lowest BCUT2D eigenvalue weighted by Gasteiger charge is -2.33. The standard InChI is InChI=1S/C18H29N3O.2ClH/c1-4-20(5-2)16(15-9-7-6-8-10-15)17(22)21-12-11-18(3,13-19)14-21;;/h6-10,16H,4-5,11-14,19H2,1-3H3;2*1H. The van der Waals surface area contributed by atoms with E-state index in [-0.39, 0.29) is 42.2 Å². The first-order valence-electron chi connectivity index (χ1n) is 8.32. The van der Waals surface area contributed by atoms with Crippen LogP contribution < -0.4 is 5.73 Å². The third-order valence-corrected chi connectivity index (χ3v) is 4.89. The molecule has 1 amide bonds. The fourth-order valence-corrected chi connectivity index (χ4v) is 3.29. The van der Waals surface area contributed by atoms with E-state index in [0.29, 0.717) is 6.54 Å². The molecule has 0 radical (unpaired) electrons. The minimum atomic E-state index is -0.184. The van der Waals surface area contributed by atoms with Crippen molar-refractivity contribution in [1.29, 1.82) is 0 Å². The van der Waals surface area contributed by atoms with Gasteiger partial charge in [-0.1, -0.05) is 51.1 Å². The fraction of sp³-hybridized carbons (Fsp3) is 0.611. The molecule has 2 N–H and O–H groups in total. The normalized spacial score (nSPS) is 21.1. The number of likely N-dealkylation sites (tertiary alicyclic amines) is 1. The van der Waals surface area contributed by atoms with Gasteiger partial charge in [0.1, 0.15) is 6.04 Å². The summed E-state index contributed by atoms with van der Waals surface area (Å²) in [4.78, 5) is 17.4. The van der Waals surface area contributed by atoms with E-state index in [0.717, 1.165) is 38.2 Å². The average molecular weight is 376 g/mol. The summed E-state index contributed by atoms with van der Waals surface area (Å²) in [5, 5.41) is 0. The van der Waals surface area contributed by atoms with E-state index in [9.17, 15) is 4.79 Å². The van der Waals surface area contributed by atoms with Crippen molar-refractivity contribution in [1.82, 2.24) is 9.80 Å². The summed E-state index contributed by atoms with van der Waals surface area (Å²) < 4.78 is 0. The first-order valence-corrected chi connectivity index (χ1v) is 8.32. The van der Waals surface area contributed by atoms with E-state index < -0.39 is 0 Å². The Morgan fingerprint density at radius 3 is 2.29 bits per heavy atom. The highest BCUT2D eigenvalue weighted by Crippen LogP contribution is 2.32. The predicted octanol–water partition coefficient (Wildman–Crippen LogP) is 3.11. The van der Waals surface area contributed by atoms with Gasteiger partial charge in [-0.3, -0.25) is 9.69 Å². The number of nitrogens with two attached hydrogens (primary N) is 1. The summed E-state index contributed by atoms with van der Waals surface area (Å²) in [5.74, 6) is 0.215. The number of carbonyl (C=O) groups is 1. The second-order valence-corrected chi connectivity index (χ2v) is 6.56. The Labute approximate surface area is 158 Å². The molecule has 0 spiro atoms. The lowest BCUT2D eigenvalue weighted by Crippen LogP contribution is -2.43. The minimum Gasteiger partial charge on any atom is -0.340 e. The molecule has 2 atom stereocenters. The van der Waals surface area contributed by atoms with Crippen LogP contribution in [-0.2, 0) is 4.79 Å². The van der Waals surface area contributed by atoms with E-state index in [1.165, 1.54) is 0 Å². The molecule has 1 aromatic rings. The van der Waals surface area contributed by atoms with Crippen molar-refractivity contribution >= 4 is 30.7 Å². The number of halogens is 2. The topological polar surface area (TPSA) is 49.6 Å². The Morgan fingerprint density at radius 2 is 1.83 bits per heavy atom. The van der Waals surface area contributed by atoms with Crippen molar-refractivity contribution in [3.05, 3.63) is 35.9 Å². The van der Waals surface area contributed by atoms with Crippen LogP contribution >= 0.6 is 24.8 Å². The van der Waals surface area contributed by atoms with Crippen LogP contribution in [0.2, 0.25) is 0 Å². The zero-order chi connectivity index (χ0) is 16.2. The zero-order valence-corrected chi connectivity index (χ0v) is 16.5. The summed E-state index contributed by atoms with van der Waals surface area (Å²) in [6.45, 7) is 10.4. The Kier molecular flexibility index (Phi) is 9.90. The van der Waals surface area contributed by atoms with Crippen molar-refractivity contribution in [3.63, 3.8) is 0 Å². The first kappa shape index (κ1) is 23.2. The van der Waals surface area contributed by atoms with Gasteiger partial charge in [-0.25, -0.2) is 0 Å². The summed E-state index contributed by atoms with van der Waals surface area (Å²) in [5.41, 5.74) is 7.03. The molecule has 1 aliphatic rings. The fourth-order valence-electron chi connectivity index (χ4n) is 3.29. The average Bonchev–Trinajstić information content (AvgIpc) is 2.96. The molecule has 2 unspecified atom stereocenters. The number of likely N-dealkylation sites (N-methyl/N-ethyl adjacent to an activating group) is 1. The van der Waals surface area contributed by atoms with E-state index in [1.807, 2.05) is 23.1 Å². The number of rotatable bonds is 6. The zero-order valence-electron chi connectivity index (χ0n) is 14.9. The van der Waals surface area contributed by atoms with Crippen LogP contribution in [0.5, 0.6) is 0 Å². The van der Waals surface area contributed by atoms with E-state index >= 15 is 0 Å². The molecule has 0 bridgehead atoms. The van der Waals surface area contributed by atoms with Crippen LogP contribution in [0.1, 0.15) is 38.8 Å². The molecule has 1 saturated heterocycles. The molecular weight excluding hydrogens is 345 g/mol.